The first kappa shape index (κ1) is 16.2. The van der Waals surface area contributed by atoms with Crippen LogP contribution >= 0.6 is 13.0 Å². The highest BCUT2D eigenvalue weighted by molar-refractivity contribution is 7.74. The monoisotopic (exact) mass is 322 g/mol. The zero-order chi connectivity index (χ0) is 16.1. The van der Waals surface area contributed by atoms with E-state index >= 15 is 0 Å². The van der Waals surface area contributed by atoms with Gasteiger partial charge in [-0.2, -0.15) is 14.1 Å². The van der Waals surface area contributed by atoms with Gasteiger partial charge in [0.15, 0.2) is 5.84 Å². The minimum Gasteiger partial charge on any atom is -0.399 e. The van der Waals surface area contributed by atoms with E-state index in [1.165, 1.54) is 0 Å². The summed E-state index contributed by atoms with van der Waals surface area (Å²) in [6.45, 7) is 3.60. The third-order valence-electron chi connectivity index (χ3n) is 3.34. The van der Waals surface area contributed by atoms with Gasteiger partial charge in [-0.25, -0.2) is 0 Å². The van der Waals surface area contributed by atoms with Gasteiger partial charge >= 0.3 is 0 Å². The van der Waals surface area contributed by atoms with Crippen molar-refractivity contribution in [2.45, 2.75) is 13.5 Å². The lowest BCUT2D eigenvalue weighted by Crippen LogP contribution is -2.25. The van der Waals surface area contributed by atoms with E-state index in [0.717, 1.165) is 34.9 Å². The summed E-state index contributed by atoms with van der Waals surface area (Å²) in [7, 11) is 2.01. The largest absolute Gasteiger partial charge is 0.399 e. The second-order valence-electron chi connectivity index (χ2n) is 4.82. The number of aromatic nitrogens is 2. The molecular weight excluding hydrogens is 303 g/mol. The van der Waals surface area contributed by atoms with E-state index in [0.29, 0.717) is 6.67 Å². The Morgan fingerprint density at radius 1 is 1.41 bits per heavy atom. The number of anilines is 1. The Labute approximate surface area is 134 Å². The highest BCUT2D eigenvalue weighted by Gasteiger charge is 2.22. The molecule has 118 valence electrons. The van der Waals surface area contributed by atoms with Crippen LogP contribution in [0, 0.1) is 0 Å². The molecule has 0 unspecified atom stereocenters. The number of nitrogens with zero attached hydrogens (tertiary/aromatic N) is 4. The molecule has 0 aliphatic carbocycles. The molecule has 3 N–H and O–H groups in total. The molecule has 6 nitrogen and oxygen atoms in total. The third kappa shape index (κ3) is 3.16. The maximum absolute atomic E-state index is 9.19. The highest BCUT2D eigenvalue weighted by atomic mass is 32.1. The van der Waals surface area contributed by atoms with Crippen molar-refractivity contribution >= 4 is 24.5 Å². The zero-order valence-electron chi connectivity index (χ0n) is 12.5. The lowest BCUT2D eigenvalue weighted by molar-refractivity contribution is 0.506. The van der Waals surface area contributed by atoms with Gasteiger partial charge in [0.2, 0.25) is 0 Å². The molecule has 0 bridgehead atoms. The summed E-state index contributed by atoms with van der Waals surface area (Å²) < 4.78 is 11.1. The van der Waals surface area contributed by atoms with Crippen LogP contribution in [0.3, 0.4) is 0 Å². The van der Waals surface area contributed by atoms with Crippen molar-refractivity contribution in [1.82, 2.24) is 20.1 Å². The number of thiol groups is 1. The highest BCUT2D eigenvalue weighted by Crippen LogP contribution is 2.25. The Morgan fingerprint density at radius 2 is 2.18 bits per heavy atom. The van der Waals surface area contributed by atoms with Crippen LogP contribution in [0.15, 0.2) is 35.6 Å². The van der Waals surface area contributed by atoms with E-state index < -0.39 is 0 Å². The molecule has 0 spiro atoms. The molecule has 3 rings (SSSR count). The first-order valence-electron chi connectivity index (χ1n) is 6.81. The van der Waals surface area contributed by atoms with Crippen LogP contribution in [0.25, 0.3) is 11.3 Å². The quantitative estimate of drug-likeness (QED) is 0.598. The molecule has 22 heavy (non-hydrogen) atoms. The molecule has 0 radical (unpaired) electrons. The maximum atomic E-state index is 9.19. The Bertz CT molecular complexity index is 669. The van der Waals surface area contributed by atoms with Gasteiger partial charge < -0.3 is 10.6 Å². The van der Waals surface area contributed by atoms with Crippen molar-refractivity contribution in [3.8, 4) is 11.3 Å². The Kier molecular flexibility index (Phi) is 5.26. The van der Waals surface area contributed by atoms with Crippen LogP contribution in [0.1, 0.15) is 12.5 Å². The molecule has 0 amide bonds. The van der Waals surface area contributed by atoms with Gasteiger partial charge in [-0.1, -0.05) is 12.1 Å². The summed E-state index contributed by atoms with van der Waals surface area (Å²) in [5.74, 6) is 0.905. The van der Waals surface area contributed by atoms with Gasteiger partial charge in [0.05, 0.1) is 5.56 Å². The van der Waals surface area contributed by atoms with E-state index in [-0.39, 0.29) is 0 Å². The molecule has 1 aliphatic heterocycles. The lowest BCUT2D eigenvalue weighted by Gasteiger charge is -2.11. The van der Waals surface area contributed by atoms with Crippen molar-refractivity contribution in [2.24, 2.45) is 5.10 Å². The van der Waals surface area contributed by atoms with Gasteiger partial charge in [0, 0.05) is 44.1 Å². The Hall–Kier alpha value is -2.22. The number of benzene rings is 1. The number of nitrogens with two attached hydrogens (primary N) is 1. The molecule has 2 aromatic rings. The molecule has 0 saturated carbocycles. The molecule has 8 heteroatoms. The molecule has 2 heterocycles. The van der Waals surface area contributed by atoms with Crippen molar-refractivity contribution in [3.63, 3.8) is 0 Å². The second kappa shape index (κ2) is 7.17. The SMILES string of the molecule is CCn1cc(C2=NNCN2C)c(-c2cccc(N)c2)n1.FS. The number of hydrogen-bond donors (Lipinski definition) is 3. The van der Waals surface area contributed by atoms with Gasteiger partial charge in [0.1, 0.15) is 12.4 Å². The minimum absolute atomic E-state index is 0.711. The van der Waals surface area contributed by atoms with Gasteiger partial charge in [0.25, 0.3) is 0 Å². The minimum atomic E-state index is 0.711. The smallest absolute Gasteiger partial charge is 0.160 e. The molecule has 1 aromatic carbocycles. The molecular formula is C14H19FN6S. The van der Waals surface area contributed by atoms with Gasteiger partial charge in [-0.3, -0.25) is 10.1 Å². The summed E-state index contributed by atoms with van der Waals surface area (Å²) in [5.41, 5.74) is 12.5. The Balaban J connectivity index is 0.000000847. The Morgan fingerprint density at radius 3 is 2.77 bits per heavy atom. The van der Waals surface area contributed by atoms with Crippen LogP contribution < -0.4 is 11.2 Å². The second-order valence-corrected chi connectivity index (χ2v) is 4.82. The summed E-state index contributed by atoms with van der Waals surface area (Å²) in [5, 5.41) is 9.00. The zero-order valence-corrected chi connectivity index (χ0v) is 13.4. The number of hydrazone groups is 1. The van der Waals surface area contributed by atoms with Crippen LogP contribution in [0.2, 0.25) is 0 Å². The predicted molar refractivity (Wildman–Crippen MR) is 90.1 cm³/mol. The van der Waals surface area contributed by atoms with Crippen molar-refractivity contribution in [2.75, 3.05) is 19.5 Å². The number of hydrogen-bond acceptors (Lipinski definition) is 6. The molecule has 1 aliphatic rings. The summed E-state index contributed by atoms with van der Waals surface area (Å²) in [4.78, 5) is 2.06. The average molecular weight is 322 g/mol. The summed E-state index contributed by atoms with van der Waals surface area (Å²) in [6.07, 6.45) is 2.03. The molecule has 0 atom stereocenters. The normalized spacial score (nSPS) is 13.3. The van der Waals surface area contributed by atoms with Crippen LogP contribution in [-0.2, 0) is 6.54 Å². The fourth-order valence-electron chi connectivity index (χ4n) is 2.29. The van der Waals surface area contributed by atoms with Gasteiger partial charge in [-0.15, -0.1) is 0 Å². The summed E-state index contributed by atoms with van der Waals surface area (Å²) >= 11 is 2.03. The number of nitrogens with one attached hydrogen (secondary N) is 1. The van der Waals surface area contributed by atoms with E-state index in [9.17, 15) is 3.89 Å². The number of nitrogen functional groups attached to an aromatic ring is 1. The topological polar surface area (TPSA) is 71.5 Å². The number of aryl methyl sites for hydroxylation is 1. The molecule has 0 saturated heterocycles. The van der Waals surface area contributed by atoms with Crippen LogP contribution in [0.5, 0.6) is 0 Å². The molecule has 0 fully saturated rings. The maximum Gasteiger partial charge on any atom is 0.160 e. The van der Waals surface area contributed by atoms with E-state index in [1.807, 2.05) is 55.2 Å². The number of rotatable bonds is 3. The van der Waals surface area contributed by atoms with Crippen molar-refractivity contribution < 1.29 is 3.89 Å². The average Bonchev–Trinajstić information content (AvgIpc) is 3.15. The predicted octanol–water partition coefficient (Wildman–Crippen LogP) is 2.11. The number of halogens is 1. The summed E-state index contributed by atoms with van der Waals surface area (Å²) in [6, 6.07) is 7.78. The lowest BCUT2D eigenvalue weighted by atomic mass is 10.1. The standard InChI is InChI=1S/C14H18N6.FHS/c1-3-20-8-12(14-17-16-9-19(14)2)13(18-20)10-5-4-6-11(15)7-10;1-2/h4-8,16H,3,9,15H2,1-2H3;2H. The van der Waals surface area contributed by atoms with E-state index in [1.54, 1.807) is 0 Å². The first-order chi connectivity index (χ1) is 10.7. The number of amidine groups is 1. The van der Waals surface area contributed by atoms with Crippen LogP contribution in [0.4, 0.5) is 9.57 Å². The van der Waals surface area contributed by atoms with Crippen molar-refractivity contribution in [1.29, 1.82) is 0 Å². The fourth-order valence-corrected chi connectivity index (χ4v) is 2.29. The van der Waals surface area contributed by atoms with E-state index in [4.69, 9.17) is 5.73 Å². The van der Waals surface area contributed by atoms with Crippen molar-refractivity contribution in [3.05, 3.63) is 36.0 Å². The van der Waals surface area contributed by atoms with Crippen LogP contribution in [-0.4, -0.2) is 34.2 Å². The molecule has 1 aromatic heterocycles. The van der Waals surface area contributed by atoms with E-state index in [2.05, 4.69) is 27.4 Å². The fraction of sp³-hybridized carbons (Fsp3) is 0.286. The van der Waals surface area contributed by atoms with Gasteiger partial charge in [-0.05, 0) is 19.1 Å². The third-order valence-corrected chi connectivity index (χ3v) is 3.34. The first-order valence-corrected chi connectivity index (χ1v) is 7.15.